The molecule has 4 rings (SSSR count). The molecule has 0 fully saturated rings. The van der Waals surface area contributed by atoms with E-state index in [1.807, 2.05) is 61.5 Å². The summed E-state index contributed by atoms with van der Waals surface area (Å²) in [6, 6.07) is 14.0. The molecule has 0 unspecified atom stereocenters. The van der Waals surface area contributed by atoms with Crippen LogP contribution in [-0.4, -0.2) is 48.8 Å². The van der Waals surface area contributed by atoms with Gasteiger partial charge in [0.25, 0.3) is 5.95 Å². The number of imidazole rings is 1. The first-order valence-electron chi connectivity index (χ1n) is 8.10. The van der Waals surface area contributed by atoms with Crippen LogP contribution in [-0.2, 0) is 13.7 Å². The Morgan fingerprint density at radius 2 is 1.88 bits per heavy atom. The van der Waals surface area contributed by atoms with Crippen LogP contribution in [0.1, 0.15) is 5.69 Å². The molecule has 9 nitrogen and oxygen atoms in total. The second-order valence-electron chi connectivity index (χ2n) is 5.99. The lowest BCUT2D eigenvalue weighted by Gasteiger charge is -2.12. The lowest BCUT2D eigenvalue weighted by molar-refractivity contribution is 0.272. The highest BCUT2D eigenvalue weighted by atomic mass is 16.5. The fourth-order valence-electron chi connectivity index (χ4n) is 2.64. The van der Waals surface area contributed by atoms with Crippen LogP contribution in [0.4, 0.5) is 5.82 Å². The van der Waals surface area contributed by atoms with E-state index in [9.17, 15) is 0 Å². The van der Waals surface area contributed by atoms with Gasteiger partial charge in [-0.05, 0) is 34.7 Å². The summed E-state index contributed by atoms with van der Waals surface area (Å²) in [5.41, 5.74) is 2.49. The number of hydrogen-bond acceptors (Lipinski definition) is 7. The number of anilines is 1. The number of aryl methyl sites for hydroxylation is 1. The molecule has 0 spiro atoms. The van der Waals surface area contributed by atoms with E-state index in [1.54, 1.807) is 16.3 Å². The summed E-state index contributed by atoms with van der Waals surface area (Å²) < 4.78 is 9.36. The van der Waals surface area contributed by atoms with Crippen molar-refractivity contribution in [1.82, 2.24) is 34.7 Å². The van der Waals surface area contributed by atoms with Crippen LogP contribution in [0.15, 0.2) is 42.5 Å². The molecule has 0 aliphatic carbocycles. The Morgan fingerprint density at radius 3 is 2.65 bits per heavy atom. The first-order chi connectivity index (χ1) is 12.6. The number of rotatable bonds is 5. The van der Waals surface area contributed by atoms with Gasteiger partial charge in [0.05, 0.1) is 16.7 Å². The van der Waals surface area contributed by atoms with Crippen LogP contribution in [0, 0.1) is 0 Å². The van der Waals surface area contributed by atoms with Crippen molar-refractivity contribution in [2.45, 2.75) is 6.61 Å². The Balaban J connectivity index is 1.71. The standard InChI is InChI=1S/C17H18N8O/c1-23(2)15-10-6-7-12(18-15)11-26-17-19-13-8-4-5-9-14(13)25(17)16-20-21-22-24(16)3/h4-10H,11H2,1-3H3. The largest absolute Gasteiger partial charge is 0.458 e. The van der Waals surface area contributed by atoms with Gasteiger partial charge in [0.2, 0.25) is 0 Å². The molecular weight excluding hydrogens is 332 g/mol. The van der Waals surface area contributed by atoms with Gasteiger partial charge in [0.1, 0.15) is 12.4 Å². The highest BCUT2D eigenvalue weighted by Gasteiger charge is 2.18. The molecule has 0 bridgehead atoms. The zero-order valence-electron chi connectivity index (χ0n) is 14.7. The van der Waals surface area contributed by atoms with E-state index in [2.05, 4.69) is 25.5 Å². The zero-order chi connectivity index (χ0) is 18.1. The number of aromatic nitrogens is 7. The number of pyridine rings is 1. The van der Waals surface area contributed by atoms with Gasteiger partial charge in [-0.15, -0.1) is 0 Å². The summed E-state index contributed by atoms with van der Waals surface area (Å²) in [6.45, 7) is 0.288. The van der Waals surface area contributed by atoms with Crippen molar-refractivity contribution >= 4 is 16.9 Å². The third-order valence-electron chi connectivity index (χ3n) is 3.93. The number of hydrogen-bond donors (Lipinski definition) is 0. The lowest BCUT2D eigenvalue weighted by atomic mass is 10.3. The van der Waals surface area contributed by atoms with Crippen molar-refractivity contribution in [3.8, 4) is 12.0 Å². The van der Waals surface area contributed by atoms with Crippen molar-refractivity contribution in [2.24, 2.45) is 7.05 Å². The van der Waals surface area contributed by atoms with Crippen molar-refractivity contribution in [3.63, 3.8) is 0 Å². The molecule has 9 heteroatoms. The minimum absolute atomic E-state index is 0.288. The van der Waals surface area contributed by atoms with Gasteiger partial charge in [0.15, 0.2) is 0 Å². The van der Waals surface area contributed by atoms with E-state index in [1.165, 1.54) is 0 Å². The van der Waals surface area contributed by atoms with Gasteiger partial charge in [0, 0.05) is 21.1 Å². The average Bonchev–Trinajstić information content (AvgIpc) is 3.22. The summed E-state index contributed by atoms with van der Waals surface area (Å²) in [5, 5.41) is 11.7. The Morgan fingerprint density at radius 1 is 1.04 bits per heavy atom. The maximum absolute atomic E-state index is 5.98. The lowest BCUT2D eigenvalue weighted by Crippen LogP contribution is -2.12. The summed E-state index contributed by atoms with van der Waals surface area (Å²) >= 11 is 0. The van der Waals surface area contributed by atoms with Gasteiger partial charge in [-0.2, -0.15) is 4.98 Å². The number of benzene rings is 1. The second kappa shape index (κ2) is 6.43. The molecule has 0 saturated heterocycles. The van der Waals surface area contributed by atoms with Crippen LogP contribution >= 0.6 is 0 Å². The van der Waals surface area contributed by atoms with Crippen LogP contribution in [0.25, 0.3) is 17.0 Å². The topological polar surface area (TPSA) is 86.8 Å². The first kappa shape index (κ1) is 16.0. The van der Waals surface area contributed by atoms with E-state index >= 15 is 0 Å². The summed E-state index contributed by atoms with van der Waals surface area (Å²) in [6.07, 6.45) is 0. The maximum Gasteiger partial charge on any atom is 0.305 e. The molecule has 3 heterocycles. The Hall–Kier alpha value is -3.49. The van der Waals surface area contributed by atoms with Crippen LogP contribution in [0.2, 0.25) is 0 Å². The van der Waals surface area contributed by atoms with Gasteiger partial charge in [-0.3, -0.25) is 0 Å². The van der Waals surface area contributed by atoms with Crippen LogP contribution in [0.5, 0.6) is 6.01 Å². The molecule has 0 saturated carbocycles. The Bertz CT molecular complexity index is 1050. The Labute approximate surface area is 149 Å². The highest BCUT2D eigenvalue weighted by molar-refractivity contribution is 5.78. The predicted octanol–water partition coefficient (Wildman–Crippen LogP) is 1.59. The number of fused-ring (bicyclic) bond motifs is 1. The van der Waals surface area contributed by atoms with E-state index < -0.39 is 0 Å². The molecule has 0 amide bonds. The van der Waals surface area contributed by atoms with Crippen LogP contribution in [0.3, 0.4) is 0 Å². The molecule has 3 aromatic heterocycles. The predicted molar refractivity (Wildman–Crippen MR) is 96.3 cm³/mol. The van der Waals surface area contributed by atoms with Gasteiger partial charge < -0.3 is 9.64 Å². The molecule has 0 aliphatic heterocycles. The van der Waals surface area contributed by atoms with Gasteiger partial charge in [-0.1, -0.05) is 23.3 Å². The van der Waals surface area contributed by atoms with Crippen molar-refractivity contribution < 1.29 is 4.74 Å². The van der Waals surface area contributed by atoms with Gasteiger partial charge in [-0.25, -0.2) is 14.2 Å². The molecule has 0 atom stereocenters. The molecule has 0 aliphatic rings. The van der Waals surface area contributed by atoms with E-state index in [4.69, 9.17) is 4.74 Å². The molecule has 4 aromatic rings. The fraction of sp³-hybridized carbons (Fsp3) is 0.235. The molecule has 132 valence electrons. The quantitative estimate of drug-likeness (QED) is 0.540. The molecular formula is C17H18N8O. The fourth-order valence-corrected chi connectivity index (χ4v) is 2.64. The van der Waals surface area contributed by atoms with E-state index in [0.29, 0.717) is 12.0 Å². The van der Waals surface area contributed by atoms with E-state index in [0.717, 1.165) is 22.5 Å². The third-order valence-corrected chi connectivity index (χ3v) is 3.93. The number of para-hydroxylation sites is 2. The smallest absolute Gasteiger partial charge is 0.305 e. The SMILES string of the molecule is CN(C)c1cccc(COc2nc3ccccc3n2-c2nnnn2C)n1. The van der Waals surface area contributed by atoms with Crippen LogP contribution < -0.4 is 9.64 Å². The van der Waals surface area contributed by atoms with Crippen molar-refractivity contribution in [2.75, 3.05) is 19.0 Å². The van der Waals surface area contributed by atoms with Crippen molar-refractivity contribution in [1.29, 1.82) is 0 Å². The number of ether oxygens (including phenoxy) is 1. The minimum atomic E-state index is 0.288. The van der Waals surface area contributed by atoms with E-state index in [-0.39, 0.29) is 6.61 Å². The molecule has 26 heavy (non-hydrogen) atoms. The molecule has 0 N–H and O–H groups in total. The third kappa shape index (κ3) is 2.83. The monoisotopic (exact) mass is 350 g/mol. The maximum atomic E-state index is 5.98. The average molecular weight is 350 g/mol. The van der Waals surface area contributed by atoms with Crippen molar-refractivity contribution in [3.05, 3.63) is 48.2 Å². The summed E-state index contributed by atoms with van der Waals surface area (Å²) in [7, 11) is 5.68. The highest BCUT2D eigenvalue weighted by Crippen LogP contribution is 2.25. The Kier molecular flexibility index (Phi) is 3.96. The normalized spacial score (nSPS) is 11.0. The molecule has 0 radical (unpaired) electrons. The minimum Gasteiger partial charge on any atom is -0.458 e. The number of nitrogens with zero attached hydrogens (tertiary/aromatic N) is 8. The zero-order valence-corrected chi connectivity index (χ0v) is 14.7. The second-order valence-corrected chi connectivity index (χ2v) is 5.99. The molecule has 1 aromatic carbocycles. The van der Waals surface area contributed by atoms with Gasteiger partial charge >= 0.3 is 6.01 Å². The summed E-state index contributed by atoms with van der Waals surface area (Å²) in [4.78, 5) is 11.1. The first-order valence-corrected chi connectivity index (χ1v) is 8.10. The number of tetrazole rings is 1. The summed E-state index contributed by atoms with van der Waals surface area (Å²) in [5.74, 6) is 1.40.